The van der Waals surface area contributed by atoms with Gasteiger partial charge in [-0.1, -0.05) is 159 Å². The molecule has 9 aromatic carbocycles. The van der Waals surface area contributed by atoms with Crippen LogP contribution in [0.4, 0.5) is 0 Å². The molecule has 0 saturated heterocycles. The lowest BCUT2D eigenvalue weighted by molar-refractivity contribution is 0.662. The Hall–Kier alpha value is -6.44. The van der Waals surface area contributed by atoms with Gasteiger partial charge in [0.05, 0.1) is 38.4 Å². The van der Waals surface area contributed by atoms with E-state index in [1.165, 1.54) is 0 Å². The van der Waals surface area contributed by atoms with Crippen LogP contribution < -0.4 is 0 Å². The molecule has 1 unspecified atom stereocenters. The van der Waals surface area contributed by atoms with Gasteiger partial charge in [-0.3, -0.25) is 0 Å². The predicted octanol–water partition coefficient (Wildman–Crippen LogP) is 14.4. The van der Waals surface area contributed by atoms with Crippen LogP contribution >= 0.6 is 0 Å². The lowest BCUT2D eigenvalue weighted by Crippen LogP contribution is -2.16. The van der Waals surface area contributed by atoms with Crippen LogP contribution in [-0.2, 0) is 5.41 Å². The van der Waals surface area contributed by atoms with Crippen LogP contribution in [0.1, 0.15) is 67.4 Å². The Morgan fingerprint density at radius 2 is 1.04 bits per heavy atom. The Labute approximate surface area is 346 Å². The van der Waals surface area contributed by atoms with Crippen molar-refractivity contribution < 1.29 is 46.9 Å². The third-order valence-corrected chi connectivity index (χ3v) is 9.26. The summed E-state index contributed by atoms with van der Waals surface area (Å²) in [5, 5.41) is -5.50. The van der Waals surface area contributed by atoms with Gasteiger partial charge in [0.1, 0.15) is 11.2 Å². The number of benzene rings is 9. The van der Waals surface area contributed by atoms with Gasteiger partial charge >= 0.3 is 0 Å². The summed E-state index contributed by atoms with van der Waals surface area (Å²) in [7, 11) is 0. The highest BCUT2D eigenvalue weighted by Crippen LogP contribution is 2.53. The van der Waals surface area contributed by atoms with Crippen molar-refractivity contribution in [3.05, 3.63) is 180 Å². The van der Waals surface area contributed by atoms with Crippen LogP contribution in [0.25, 0.3) is 98.8 Å². The normalized spacial score (nSPS) is 23.8. The molecule has 1 aromatic heterocycles. The van der Waals surface area contributed by atoms with Crippen molar-refractivity contribution >= 4 is 54.3 Å². The summed E-state index contributed by atoms with van der Waals surface area (Å²) < 4.78 is 290. The van der Waals surface area contributed by atoms with E-state index in [0.29, 0.717) is 0 Å². The van der Waals surface area contributed by atoms with Crippen molar-refractivity contribution in [2.24, 2.45) is 0 Å². The van der Waals surface area contributed by atoms with Crippen LogP contribution in [-0.4, -0.2) is 0 Å². The summed E-state index contributed by atoms with van der Waals surface area (Å²) in [5.74, 6) is 0. The fourth-order valence-electron chi connectivity index (χ4n) is 7.10. The first kappa shape index (κ1) is 12.1. The van der Waals surface area contributed by atoms with E-state index in [0.717, 1.165) is 6.92 Å². The molecule has 11 rings (SSSR count). The molecule has 52 heavy (non-hydrogen) atoms. The van der Waals surface area contributed by atoms with E-state index in [1.807, 2.05) is 0 Å². The SMILES string of the molecule is [2H]c1c([2H])c(-c2c([2H])c([2H])c([2H])c3c2C(C)(C([2H])([2H])[2H])c2c([2H])c([2H])c([2H])c([2H])c2-3)c([2H])c(-c2c3c([2H])c([2H])c([2H])c([2H])c3c(-c3c([2H])c([2H])c([2H])c4oc5c([2H])c6c([2H])c([2H])c([2H])c([2H])c6c([2H])c5c34)c3c([2H])c([2H])c([2H])c([2H])c23)c1[2H]. The van der Waals surface area contributed by atoms with Crippen molar-refractivity contribution in [2.75, 3.05) is 0 Å². The molecule has 1 aliphatic carbocycles. The molecular formula is C51H34O. The van der Waals surface area contributed by atoms with Crippen molar-refractivity contribution in [3.8, 4) is 44.5 Å². The van der Waals surface area contributed by atoms with Crippen LogP contribution in [0, 0.1) is 0 Å². The topological polar surface area (TPSA) is 13.1 Å². The Balaban J connectivity index is 1.43. The summed E-state index contributed by atoms with van der Waals surface area (Å²) in [6, 6.07) is -27.4. The van der Waals surface area contributed by atoms with Gasteiger partial charge in [-0.2, -0.15) is 0 Å². The van der Waals surface area contributed by atoms with E-state index in [4.69, 9.17) is 30.5 Å². The Bertz CT molecular complexity index is 4740. The van der Waals surface area contributed by atoms with Crippen LogP contribution in [0.2, 0.25) is 0 Å². The third kappa shape index (κ3) is 4.05. The maximum absolute atomic E-state index is 10.2. The molecule has 0 fully saturated rings. The van der Waals surface area contributed by atoms with Gasteiger partial charge < -0.3 is 4.42 Å². The van der Waals surface area contributed by atoms with Crippen molar-refractivity contribution in [1.82, 2.24) is 0 Å². The van der Waals surface area contributed by atoms with Crippen molar-refractivity contribution in [1.29, 1.82) is 0 Å². The molecule has 0 aliphatic heterocycles. The summed E-state index contributed by atoms with van der Waals surface area (Å²) in [5.41, 5.74) is -11.7. The van der Waals surface area contributed by atoms with Gasteiger partial charge in [-0.05, 0) is 112 Å². The smallest absolute Gasteiger partial charge is 0.136 e. The Kier molecular flexibility index (Phi) is 2.50. The maximum Gasteiger partial charge on any atom is 0.136 e. The number of furan rings is 1. The highest BCUT2D eigenvalue weighted by atomic mass is 16.3. The standard InChI is InChI=1S/C51H34O/c1-51(2)44-26-10-9-18-36(44)41-24-12-23-35(50(41)51)33-16-11-17-34(28-33)47-37-19-5-7-21-39(37)48(40-22-8-6-20-38(40)47)42-25-13-27-45-49(42)43-29-31-14-3-4-15-32(31)30-46(43)52-45/h3-30H,1-2H3/i1D3,3D,4D,5D,6D,7D,8D,9D,10D,11D,12D,13D,14D,15D,16D,17D,18D,19D,20D,21D,22D,23D,24D,25D,26D,27D,28D,29D,30D. The first-order valence-electron chi connectivity index (χ1n) is 31.2. The van der Waals surface area contributed by atoms with Gasteiger partial charge in [-0.25, -0.2) is 0 Å². The van der Waals surface area contributed by atoms with Crippen molar-refractivity contribution in [2.45, 2.75) is 19.2 Å². The molecule has 1 nitrogen and oxygen atoms in total. The van der Waals surface area contributed by atoms with Crippen molar-refractivity contribution in [3.63, 3.8) is 0 Å². The van der Waals surface area contributed by atoms with Gasteiger partial charge in [0.2, 0.25) is 0 Å². The number of fused-ring (bicyclic) bond motifs is 9. The lowest BCUT2D eigenvalue weighted by atomic mass is 9.78. The summed E-state index contributed by atoms with van der Waals surface area (Å²) >= 11 is 0. The second-order valence-corrected chi connectivity index (χ2v) is 12.1. The van der Waals surface area contributed by atoms with Gasteiger partial charge in [0.15, 0.2) is 0 Å². The van der Waals surface area contributed by atoms with E-state index < -0.39 is 291 Å². The fourth-order valence-corrected chi connectivity index (χ4v) is 7.10. The highest BCUT2D eigenvalue weighted by molar-refractivity contribution is 6.26. The molecule has 1 heterocycles. The third-order valence-electron chi connectivity index (χ3n) is 9.26. The average Bonchev–Trinajstić information content (AvgIpc) is 2.02. The quantitative estimate of drug-likeness (QED) is 0.168. The molecule has 0 saturated carbocycles. The first-order chi connectivity index (χ1) is 38.5. The highest BCUT2D eigenvalue weighted by Gasteiger charge is 2.37. The fraction of sp³-hybridized carbons (Fsp3) is 0.0588. The average molecular weight is 694 g/mol. The molecule has 10 aromatic rings. The molecule has 244 valence electrons. The largest absolute Gasteiger partial charge is 0.456 e. The number of hydrogen-bond acceptors (Lipinski definition) is 1. The van der Waals surface area contributed by atoms with E-state index in [1.54, 1.807) is 0 Å². The molecule has 1 aliphatic rings. The Morgan fingerprint density at radius 1 is 0.462 bits per heavy atom. The number of rotatable bonds is 3. The predicted molar refractivity (Wildman–Crippen MR) is 220 cm³/mol. The first-order valence-corrected chi connectivity index (χ1v) is 15.7. The molecule has 0 amide bonds. The minimum Gasteiger partial charge on any atom is -0.456 e. The zero-order valence-corrected chi connectivity index (χ0v) is 26.4. The molecule has 0 radical (unpaired) electrons. The van der Waals surface area contributed by atoms with E-state index in [-0.39, 0.29) is 0 Å². The zero-order chi connectivity index (χ0) is 61.4. The summed E-state index contributed by atoms with van der Waals surface area (Å²) in [6.07, 6.45) is 0. The second kappa shape index (κ2) is 10.8. The van der Waals surface area contributed by atoms with Crippen LogP contribution in [0.15, 0.2) is 174 Å². The maximum atomic E-state index is 10.2. The van der Waals surface area contributed by atoms with Crippen LogP contribution in [0.3, 0.4) is 0 Å². The molecule has 0 N–H and O–H groups in total. The minimum absolute atomic E-state index is 0.513. The zero-order valence-electron chi connectivity index (χ0n) is 57.4. The van der Waals surface area contributed by atoms with E-state index in [9.17, 15) is 16.4 Å². The summed E-state index contributed by atoms with van der Waals surface area (Å²) in [4.78, 5) is 0. The Morgan fingerprint density at radius 3 is 1.81 bits per heavy atom. The molecule has 0 bridgehead atoms. The van der Waals surface area contributed by atoms with E-state index in [2.05, 4.69) is 0 Å². The van der Waals surface area contributed by atoms with Gasteiger partial charge in [0.25, 0.3) is 0 Å². The van der Waals surface area contributed by atoms with Crippen LogP contribution in [0.5, 0.6) is 0 Å². The molecule has 0 spiro atoms. The molecule has 1 atom stereocenters. The molecular weight excluding hydrogens is 629 g/mol. The van der Waals surface area contributed by atoms with Gasteiger partial charge in [-0.15, -0.1) is 0 Å². The number of hydrogen-bond donors (Lipinski definition) is 0. The van der Waals surface area contributed by atoms with E-state index >= 15 is 0 Å². The molecule has 1 heteroatoms. The summed E-state index contributed by atoms with van der Waals surface area (Å²) in [6.45, 7) is -2.40. The lowest BCUT2D eigenvalue weighted by Gasteiger charge is -2.25. The van der Waals surface area contributed by atoms with Gasteiger partial charge in [0, 0.05) is 20.3 Å². The minimum atomic E-state index is -3.40. The monoisotopic (exact) mass is 693 g/mol. The second-order valence-electron chi connectivity index (χ2n) is 12.1.